The van der Waals surface area contributed by atoms with E-state index in [2.05, 4.69) is 89.4 Å². The van der Waals surface area contributed by atoms with E-state index in [1.165, 1.54) is 11.1 Å². The first-order valence-corrected chi connectivity index (χ1v) is 13.2. The second-order valence-electron chi connectivity index (χ2n) is 10.3. The average Bonchev–Trinajstić information content (AvgIpc) is 2.97. The predicted molar refractivity (Wildman–Crippen MR) is 157 cm³/mol. The summed E-state index contributed by atoms with van der Waals surface area (Å²) in [6, 6.07) is 24.7. The Kier molecular flexibility index (Phi) is 10.3. The molecule has 0 amide bonds. The molecule has 0 aliphatic rings. The zero-order chi connectivity index (χ0) is 29.2. The Balaban J connectivity index is 1.68. The van der Waals surface area contributed by atoms with Crippen molar-refractivity contribution in [1.82, 2.24) is 0 Å². The maximum absolute atomic E-state index is 11.1. The number of carbonyl (C=O) groups excluding carboxylic acids is 2. The van der Waals surface area contributed by atoms with Gasteiger partial charge < -0.3 is 18.9 Å². The zero-order valence-corrected chi connectivity index (χ0v) is 23.8. The van der Waals surface area contributed by atoms with Crippen molar-refractivity contribution in [2.45, 2.75) is 38.5 Å². The molecule has 40 heavy (non-hydrogen) atoms. The van der Waals surface area contributed by atoms with Crippen LogP contribution in [-0.4, -0.2) is 38.4 Å². The summed E-state index contributed by atoms with van der Waals surface area (Å²) < 4.78 is 21.3. The largest absolute Gasteiger partial charge is 0.490 e. The number of benzene rings is 3. The van der Waals surface area contributed by atoms with E-state index in [9.17, 15) is 9.59 Å². The van der Waals surface area contributed by atoms with Crippen LogP contribution in [0.1, 0.15) is 49.9 Å². The van der Waals surface area contributed by atoms with Crippen molar-refractivity contribution in [2.24, 2.45) is 0 Å². The van der Waals surface area contributed by atoms with Crippen molar-refractivity contribution < 1.29 is 28.5 Å². The molecule has 0 fully saturated rings. The van der Waals surface area contributed by atoms with Gasteiger partial charge in [-0.3, -0.25) is 0 Å². The lowest BCUT2D eigenvalue weighted by Crippen LogP contribution is -2.23. The molecule has 6 heteroatoms. The molecule has 0 aliphatic heterocycles. The van der Waals surface area contributed by atoms with Gasteiger partial charge in [-0.2, -0.15) is 0 Å². The molecule has 0 aromatic heterocycles. The maximum atomic E-state index is 11.1. The molecule has 0 radical (unpaired) electrons. The van der Waals surface area contributed by atoms with Crippen LogP contribution in [0.15, 0.2) is 98.1 Å². The molecule has 3 rings (SSSR count). The Bertz CT molecular complexity index is 1200. The van der Waals surface area contributed by atoms with Crippen LogP contribution < -0.4 is 9.47 Å². The minimum atomic E-state index is -0.460. The summed E-state index contributed by atoms with van der Waals surface area (Å²) in [5.41, 5.74) is 4.25. The van der Waals surface area contributed by atoms with Gasteiger partial charge in [0.05, 0.1) is 0 Å². The third-order valence-corrected chi connectivity index (χ3v) is 6.98. The van der Waals surface area contributed by atoms with Gasteiger partial charge in [0.15, 0.2) is 0 Å². The molecule has 3 aromatic carbocycles. The summed E-state index contributed by atoms with van der Waals surface area (Å²) in [7, 11) is 0. The highest BCUT2D eigenvalue weighted by Gasteiger charge is 2.28. The van der Waals surface area contributed by atoms with E-state index >= 15 is 0 Å². The first-order chi connectivity index (χ1) is 19.1. The molecular formula is C34H38O6. The highest BCUT2D eigenvalue weighted by atomic mass is 16.6. The number of rotatable bonds is 14. The van der Waals surface area contributed by atoms with Crippen molar-refractivity contribution in [3.8, 4) is 11.5 Å². The number of esters is 2. The topological polar surface area (TPSA) is 71.1 Å². The van der Waals surface area contributed by atoms with Crippen molar-refractivity contribution in [3.63, 3.8) is 0 Å². The second kappa shape index (κ2) is 13.7. The Morgan fingerprint density at radius 3 is 1.32 bits per heavy atom. The number of ether oxygens (including phenoxy) is 4. The Morgan fingerprint density at radius 2 is 0.975 bits per heavy atom. The van der Waals surface area contributed by atoms with Gasteiger partial charge in [-0.1, -0.05) is 89.4 Å². The summed E-state index contributed by atoms with van der Waals surface area (Å²) in [4.78, 5) is 22.3. The van der Waals surface area contributed by atoms with Crippen molar-refractivity contribution in [3.05, 3.63) is 120 Å². The monoisotopic (exact) mass is 542 g/mol. The quantitative estimate of drug-likeness (QED) is 0.131. The fraction of sp³-hybridized carbons (Fsp3) is 0.294. The van der Waals surface area contributed by atoms with E-state index < -0.39 is 11.9 Å². The lowest BCUT2D eigenvalue weighted by molar-refractivity contribution is -0.139. The van der Waals surface area contributed by atoms with Crippen molar-refractivity contribution in [1.29, 1.82) is 0 Å². The van der Waals surface area contributed by atoms with Gasteiger partial charge in [0.25, 0.3) is 0 Å². The summed E-state index contributed by atoms with van der Waals surface area (Å²) in [6.45, 7) is 16.5. The summed E-state index contributed by atoms with van der Waals surface area (Å²) in [5, 5.41) is 0. The van der Waals surface area contributed by atoms with Crippen LogP contribution in [0.5, 0.6) is 11.5 Å². The average molecular weight is 543 g/mol. The molecule has 0 spiro atoms. The number of hydrogen-bond donors (Lipinski definition) is 0. The van der Waals surface area contributed by atoms with Crippen LogP contribution >= 0.6 is 0 Å². The van der Waals surface area contributed by atoms with E-state index in [0.717, 1.165) is 23.3 Å². The van der Waals surface area contributed by atoms with Crippen molar-refractivity contribution >= 4 is 11.9 Å². The Hall–Kier alpha value is -4.32. The van der Waals surface area contributed by atoms with Crippen LogP contribution in [0.2, 0.25) is 0 Å². The van der Waals surface area contributed by atoms with E-state index in [1.807, 2.05) is 24.3 Å². The van der Waals surface area contributed by atoms with Crippen LogP contribution in [0.4, 0.5) is 0 Å². The molecule has 0 aliphatic carbocycles. The molecule has 3 aromatic rings. The summed E-state index contributed by atoms with van der Waals surface area (Å²) >= 11 is 0. The fourth-order valence-corrected chi connectivity index (χ4v) is 4.29. The van der Waals surface area contributed by atoms with Crippen LogP contribution in [0.3, 0.4) is 0 Å². The minimum Gasteiger partial charge on any atom is -0.490 e. The third kappa shape index (κ3) is 7.85. The van der Waals surface area contributed by atoms with E-state index in [4.69, 9.17) is 18.9 Å². The number of hydrogen-bond acceptors (Lipinski definition) is 6. The normalized spacial score (nSPS) is 11.3. The lowest BCUT2D eigenvalue weighted by atomic mass is 9.73. The van der Waals surface area contributed by atoms with Crippen molar-refractivity contribution in [2.75, 3.05) is 26.4 Å². The standard InChI is InChI=1S/C34H38O6/c1-7-31(35)39-22-20-37-29-16-12-25(13-17-29)33(3,4)27-10-9-11-28(24-27)34(5,6)26-14-18-30(19-15-26)38-21-23-40-32(36)8-2/h7-19,24H,1-2,20-23H2,3-6H3. The molecule has 210 valence electrons. The van der Waals surface area contributed by atoms with E-state index in [-0.39, 0.29) is 37.3 Å². The molecule has 0 bridgehead atoms. The SMILES string of the molecule is C=CC(=O)OCCOc1ccc(C(C)(C)c2cccc(C(C)(C)c3ccc(OCCOC(=O)C=C)cc3)c2)cc1. The van der Waals surface area contributed by atoms with Gasteiger partial charge in [0.1, 0.15) is 37.9 Å². The molecule has 0 N–H and O–H groups in total. The lowest BCUT2D eigenvalue weighted by Gasteiger charge is -2.31. The van der Waals surface area contributed by atoms with Crippen LogP contribution in [0.25, 0.3) is 0 Å². The number of carbonyl (C=O) groups is 2. The first-order valence-electron chi connectivity index (χ1n) is 13.2. The van der Waals surface area contributed by atoms with Gasteiger partial charge >= 0.3 is 11.9 Å². The Labute approximate surface area is 237 Å². The highest BCUT2D eigenvalue weighted by Crippen LogP contribution is 2.37. The van der Waals surface area contributed by atoms with Crippen LogP contribution in [0, 0.1) is 0 Å². The van der Waals surface area contributed by atoms with Gasteiger partial charge in [-0.15, -0.1) is 0 Å². The van der Waals surface area contributed by atoms with E-state index in [0.29, 0.717) is 11.5 Å². The second-order valence-corrected chi connectivity index (χ2v) is 10.3. The predicted octanol–water partition coefficient (Wildman–Crippen LogP) is 6.55. The molecule has 0 atom stereocenters. The zero-order valence-electron chi connectivity index (χ0n) is 23.8. The van der Waals surface area contributed by atoms with Gasteiger partial charge in [-0.05, 0) is 46.5 Å². The molecule has 0 unspecified atom stereocenters. The molecule has 0 heterocycles. The minimum absolute atomic E-state index is 0.170. The molecule has 6 nitrogen and oxygen atoms in total. The molecule has 0 saturated heterocycles. The summed E-state index contributed by atoms with van der Waals surface area (Å²) in [6.07, 6.45) is 2.27. The smallest absolute Gasteiger partial charge is 0.330 e. The first kappa shape index (κ1) is 30.2. The molecule has 0 saturated carbocycles. The van der Waals surface area contributed by atoms with Gasteiger partial charge in [0.2, 0.25) is 0 Å². The van der Waals surface area contributed by atoms with Crippen LogP contribution in [-0.2, 0) is 29.9 Å². The summed E-state index contributed by atoms with van der Waals surface area (Å²) in [5.74, 6) is 0.513. The Morgan fingerprint density at radius 1 is 0.600 bits per heavy atom. The van der Waals surface area contributed by atoms with E-state index in [1.54, 1.807) is 0 Å². The third-order valence-electron chi connectivity index (χ3n) is 6.98. The van der Waals surface area contributed by atoms with Gasteiger partial charge in [-0.25, -0.2) is 9.59 Å². The van der Waals surface area contributed by atoms with Gasteiger partial charge in [0, 0.05) is 23.0 Å². The fourth-order valence-electron chi connectivity index (χ4n) is 4.29. The molecular weight excluding hydrogens is 504 g/mol. The highest BCUT2D eigenvalue weighted by molar-refractivity contribution is 5.81. The maximum Gasteiger partial charge on any atom is 0.330 e.